The van der Waals surface area contributed by atoms with Crippen LogP contribution in [0, 0.1) is 0 Å². The van der Waals surface area contributed by atoms with E-state index in [0.717, 1.165) is 41.0 Å². The van der Waals surface area contributed by atoms with Gasteiger partial charge in [0.05, 0.1) is 11.0 Å². The lowest BCUT2D eigenvalue weighted by molar-refractivity contribution is 0.704. The topological polar surface area (TPSA) is 56.7 Å². The largest absolute Gasteiger partial charge is 0.326 e. The molecule has 2 aromatic heterocycles. The second-order valence-electron chi connectivity index (χ2n) is 4.86. The Bertz CT molecular complexity index is 716. The maximum absolute atomic E-state index is 5.71. The van der Waals surface area contributed by atoms with E-state index in [-0.39, 0.29) is 0 Å². The van der Waals surface area contributed by atoms with Gasteiger partial charge in [-0.3, -0.25) is 4.98 Å². The smallest absolute Gasteiger partial charge is 0.142 e. The highest BCUT2D eigenvalue weighted by atomic mass is 15.1. The van der Waals surface area contributed by atoms with Gasteiger partial charge in [-0.1, -0.05) is 13.0 Å². The fourth-order valence-corrected chi connectivity index (χ4v) is 2.47. The first-order valence-corrected chi connectivity index (χ1v) is 6.93. The standard InChI is InChI=1S/C16H18N4/c1-2-8-20-15-6-5-12(10-17)9-14(15)19-16(20)13-4-3-7-18-11-13/h3-7,9,11H,2,8,10,17H2,1H3. The minimum atomic E-state index is 0.540. The van der Waals surface area contributed by atoms with E-state index in [1.54, 1.807) is 6.20 Å². The average Bonchev–Trinajstić information content (AvgIpc) is 2.86. The van der Waals surface area contributed by atoms with Crippen LogP contribution in [0.3, 0.4) is 0 Å². The van der Waals surface area contributed by atoms with Crippen molar-refractivity contribution in [3.05, 3.63) is 48.3 Å². The van der Waals surface area contributed by atoms with Crippen LogP contribution < -0.4 is 5.73 Å². The van der Waals surface area contributed by atoms with Gasteiger partial charge in [0.1, 0.15) is 5.82 Å². The van der Waals surface area contributed by atoms with E-state index in [0.29, 0.717) is 6.54 Å². The quantitative estimate of drug-likeness (QED) is 0.789. The number of hydrogen-bond acceptors (Lipinski definition) is 3. The Hall–Kier alpha value is -2.20. The summed E-state index contributed by atoms with van der Waals surface area (Å²) in [6.07, 6.45) is 4.71. The molecule has 4 nitrogen and oxygen atoms in total. The minimum Gasteiger partial charge on any atom is -0.326 e. The molecule has 0 radical (unpaired) electrons. The molecule has 0 amide bonds. The molecule has 102 valence electrons. The van der Waals surface area contributed by atoms with Gasteiger partial charge < -0.3 is 10.3 Å². The molecule has 0 bridgehead atoms. The van der Waals surface area contributed by atoms with Crippen LogP contribution >= 0.6 is 0 Å². The van der Waals surface area contributed by atoms with Crippen molar-refractivity contribution < 1.29 is 0 Å². The molecule has 0 aliphatic rings. The Morgan fingerprint density at radius 1 is 1.25 bits per heavy atom. The summed E-state index contributed by atoms with van der Waals surface area (Å²) in [7, 11) is 0. The van der Waals surface area contributed by atoms with E-state index in [2.05, 4.69) is 34.7 Å². The van der Waals surface area contributed by atoms with Crippen molar-refractivity contribution >= 4 is 11.0 Å². The summed E-state index contributed by atoms with van der Waals surface area (Å²) in [4.78, 5) is 8.97. The fraction of sp³-hybridized carbons (Fsp3) is 0.250. The summed E-state index contributed by atoms with van der Waals surface area (Å²) >= 11 is 0. The van der Waals surface area contributed by atoms with Crippen LogP contribution in [-0.4, -0.2) is 14.5 Å². The summed E-state index contributed by atoms with van der Waals surface area (Å²) in [6, 6.07) is 10.2. The highest BCUT2D eigenvalue weighted by Gasteiger charge is 2.12. The molecule has 0 spiro atoms. The number of nitrogens with two attached hydrogens (primary N) is 1. The molecule has 0 fully saturated rings. The summed E-state index contributed by atoms with van der Waals surface area (Å²) < 4.78 is 2.26. The first-order chi connectivity index (χ1) is 9.83. The van der Waals surface area contributed by atoms with Gasteiger partial charge in [0.15, 0.2) is 0 Å². The SMILES string of the molecule is CCCn1c(-c2cccnc2)nc2cc(CN)ccc21. The third-order valence-corrected chi connectivity index (χ3v) is 3.42. The number of imidazole rings is 1. The molecule has 2 heterocycles. The van der Waals surface area contributed by atoms with E-state index in [9.17, 15) is 0 Å². The van der Waals surface area contributed by atoms with Crippen molar-refractivity contribution in [1.29, 1.82) is 0 Å². The lowest BCUT2D eigenvalue weighted by atomic mass is 10.2. The Labute approximate surface area is 118 Å². The summed E-state index contributed by atoms with van der Waals surface area (Å²) in [5.74, 6) is 0.976. The molecule has 0 saturated heterocycles. The Morgan fingerprint density at radius 2 is 2.15 bits per heavy atom. The summed E-state index contributed by atoms with van der Waals surface area (Å²) in [6.45, 7) is 3.66. The van der Waals surface area contributed by atoms with Crippen molar-refractivity contribution in [1.82, 2.24) is 14.5 Å². The van der Waals surface area contributed by atoms with Crippen molar-refractivity contribution in [2.45, 2.75) is 26.4 Å². The molecule has 0 saturated carbocycles. The Kier molecular flexibility index (Phi) is 3.48. The number of aromatic nitrogens is 3. The van der Waals surface area contributed by atoms with Gasteiger partial charge in [-0.15, -0.1) is 0 Å². The lowest BCUT2D eigenvalue weighted by Gasteiger charge is -2.07. The summed E-state index contributed by atoms with van der Waals surface area (Å²) in [5, 5.41) is 0. The van der Waals surface area contributed by atoms with Crippen molar-refractivity contribution in [2.75, 3.05) is 0 Å². The molecule has 4 heteroatoms. The van der Waals surface area contributed by atoms with E-state index in [4.69, 9.17) is 10.7 Å². The van der Waals surface area contributed by atoms with Crippen LogP contribution in [0.25, 0.3) is 22.4 Å². The van der Waals surface area contributed by atoms with Crippen LogP contribution in [0.4, 0.5) is 0 Å². The van der Waals surface area contributed by atoms with Gasteiger partial charge in [0, 0.05) is 31.0 Å². The number of fused-ring (bicyclic) bond motifs is 1. The molecule has 1 aromatic carbocycles. The zero-order chi connectivity index (χ0) is 13.9. The van der Waals surface area contributed by atoms with Crippen LogP contribution in [-0.2, 0) is 13.1 Å². The molecule has 3 rings (SSSR count). The maximum atomic E-state index is 5.71. The molecular weight excluding hydrogens is 248 g/mol. The molecular formula is C16H18N4. The second-order valence-corrected chi connectivity index (χ2v) is 4.86. The molecule has 0 atom stereocenters. The van der Waals surface area contributed by atoms with Crippen LogP contribution in [0.15, 0.2) is 42.7 Å². The van der Waals surface area contributed by atoms with Crippen LogP contribution in [0.5, 0.6) is 0 Å². The first kappa shape index (κ1) is 12.8. The third-order valence-electron chi connectivity index (χ3n) is 3.42. The van der Waals surface area contributed by atoms with Gasteiger partial charge in [-0.2, -0.15) is 0 Å². The number of pyridine rings is 1. The predicted octanol–water partition coefficient (Wildman–Crippen LogP) is 2.97. The fourth-order valence-electron chi connectivity index (χ4n) is 2.47. The molecule has 0 aliphatic carbocycles. The maximum Gasteiger partial charge on any atom is 0.142 e. The Morgan fingerprint density at radius 3 is 2.85 bits per heavy atom. The van der Waals surface area contributed by atoms with Gasteiger partial charge in [-0.05, 0) is 36.2 Å². The predicted molar refractivity (Wildman–Crippen MR) is 81.1 cm³/mol. The zero-order valence-electron chi connectivity index (χ0n) is 11.6. The van der Waals surface area contributed by atoms with E-state index in [1.165, 1.54) is 0 Å². The number of aryl methyl sites for hydroxylation is 1. The zero-order valence-corrected chi connectivity index (χ0v) is 11.6. The summed E-state index contributed by atoms with van der Waals surface area (Å²) in [5.41, 5.74) is 10.0. The van der Waals surface area contributed by atoms with E-state index >= 15 is 0 Å². The van der Waals surface area contributed by atoms with E-state index in [1.807, 2.05) is 18.3 Å². The minimum absolute atomic E-state index is 0.540. The normalized spacial score (nSPS) is 11.1. The van der Waals surface area contributed by atoms with Gasteiger partial charge in [0.25, 0.3) is 0 Å². The van der Waals surface area contributed by atoms with Crippen LogP contribution in [0.1, 0.15) is 18.9 Å². The van der Waals surface area contributed by atoms with Crippen molar-refractivity contribution in [2.24, 2.45) is 5.73 Å². The molecule has 0 unspecified atom stereocenters. The average molecular weight is 266 g/mol. The van der Waals surface area contributed by atoms with Gasteiger partial charge >= 0.3 is 0 Å². The van der Waals surface area contributed by atoms with Gasteiger partial charge in [0.2, 0.25) is 0 Å². The molecule has 20 heavy (non-hydrogen) atoms. The Balaban J connectivity index is 2.22. The van der Waals surface area contributed by atoms with Crippen LogP contribution in [0.2, 0.25) is 0 Å². The monoisotopic (exact) mass is 266 g/mol. The second kappa shape index (κ2) is 5.43. The number of hydrogen-bond donors (Lipinski definition) is 1. The van der Waals surface area contributed by atoms with Crippen molar-refractivity contribution in [3.63, 3.8) is 0 Å². The van der Waals surface area contributed by atoms with Gasteiger partial charge in [-0.25, -0.2) is 4.98 Å². The highest BCUT2D eigenvalue weighted by Crippen LogP contribution is 2.25. The molecule has 2 N–H and O–H groups in total. The van der Waals surface area contributed by atoms with Crippen molar-refractivity contribution in [3.8, 4) is 11.4 Å². The number of rotatable bonds is 4. The third kappa shape index (κ3) is 2.18. The number of benzene rings is 1. The first-order valence-electron chi connectivity index (χ1n) is 6.93. The lowest BCUT2D eigenvalue weighted by Crippen LogP contribution is -2.00. The highest BCUT2D eigenvalue weighted by molar-refractivity contribution is 5.81. The number of nitrogens with zero attached hydrogens (tertiary/aromatic N) is 3. The molecule has 0 aliphatic heterocycles. The van der Waals surface area contributed by atoms with E-state index < -0.39 is 0 Å². The molecule has 3 aromatic rings.